The van der Waals surface area contributed by atoms with Crippen molar-refractivity contribution in [3.8, 4) is 11.6 Å². The van der Waals surface area contributed by atoms with Gasteiger partial charge in [0.15, 0.2) is 16.7 Å². The van der Waals surface area contributed by atoms with Crippen LogP contribution in [0.25, 0.3) is 11.6 Å². The van der Waals surface area contributed by atoms with Gasteiger partial charge in [-0.3, -0.25) is 9.36 Å². The number of aromatic nitrogens is 3. The van der Waals surface area contributed by atoms with Crippen molar-refractivity contribution >= 4 is 23.4 Å². The smallest absolute Gasteiger partial charge is 0.234 e. The summed E-state index contributed by atoms with van der Waals surface area (Å²) in [6, 6.07) is 11.4. The molecule has 0 aliphatic carbocycles. The highest BCUT2D eigenvalue weighted by Crippen LogP contribution is 2.25. The van der Waals surface area contributed by atoms with Crippen molar-refractivity contribution in [1.82, 2.24) is 14.8 Å². The second-order valence-electron chi connectivity index (χ2n) is 5.99. The largest absolute Gasteiger partial charge is 0.461 e. The predicted octanol–water partition coefficient (Wildman–Crippen LogP) is 3.61. The number of furan rings is 1. The first-order chi connectivity index (χ1) is 13.2. The third-order valence-electron chi connectivity index (χ3n) is 3.82. The maximum atomic E-state index is 12.3. The summed E-state index contributed by atoms with van der Waals surface area (Å²) in [5.74, 6) is 1.46. The number of nitrogens with one attached hydrogen (secondary N) is 1. The van der Waals surface area contributed by atoms with Crippen molar-refractivity contribution in [2.24, 2.45) is 0 Å². The molecule has 0 saturated heterocycles. The van der Waals surface area contributed by atoms with Crippen LogP contribution in [0.2, 0.25) is 0 Å². The Bertz CT molecular complexity index is 877. The predicted molar refractivity (Wildman–Crippen MR) is 105 cm³/mol. The second kappa shape index (κ2) is 9.38. The van der Waals surface area contributed by atoms with Crippen LogP contribution < -0.4 is 5.32 Å². The Labute approximate surface area is 162 Å². The fourth-order valence-corrected chi connectivity index (χ4v) is 3.37. The molecule has 3 aromatic rings. The Morgan fingerprint density at radius 1 is 1.30 bits per heavy atom. The summed E-state index contributed by atoms with van der Waals surface area (Å²) in [6.45, 7) is 3.30. The fourth-order valence-electron chi connectivity index (χ4n) is 2.60. The quantitative estimate of drug-likeness (QED) is 0.447. The summed E-state index contributed by atoms with van der Waals surface area (Å²) in [6.07, 6.45) is 2.41. The van der Waals surface area contributed by atoms with Crippen molar-refractivity contribution in [3.05, 3.63) is 48.2 Å². The molecule has 0 aliphatic heterocycles. The summed E-state index contributed by atoms with van der Waals surface area (Å²) in [4.78, 5) is 12.3. The van der Waals surface area contributed by atoms with Gasteiger partial charge in [-0.05, 0) is 43.2 Å². The highest BCUT2D eigenvalue weighted by atomic mass is 32.2. The lowest BCUT2D eigenvalue weighted by Crippen LogP contribution is -2.15. The minimum absolute atomic E-state index is 0.0865. The standard InChI is InChI=1S/C19H22N4O3S/c1-14-6-3-7-15(12-14)20-17(24)13-27-19-22-21-18(16-8-4-11-26-16)23(19)9-5-10-25-2/h3-4,6-8,11-12H,5,9-10,13H2,1-2H3,(H,20,24). The molecule has 0 radical (unpaired) electrons. The van der Waals surface area contributed by atoms with Gasteiger partial charge >= 0.3 is 0 Å². The number of methoxy groups -OCH3 is 1. The van der Waals surface area contributed by atoms with E-state index in [9.17, 15) is 4.79 Å². The monoisotopic (exact) mass is 386 g/mol. The summed E-state index contributed by atoms with van der Waals surface area (Å²) < 4.78 is 12.5. The molecule has 0 atom stereocenters. The topological polar surface area (TPSA) is 82.2 Å². The van der Waals surface area contributed by atoms with Gasteiger partial charge in [0.25, 0.3) is 0 Å². The number of hydrogen-bond donors (Lipinski definition) is 1. The third-order valence-corrected chi connectivity index (χ3v) is 4.79. The molecule has 1 aromatic carbocycles. The van der Waals surface area contributed by atoms with Crippen LogP contribution in [0.3, 0.4) is 0 Å². The third kappa shape index (κ3) is 5.21. The molecule has 142 valence electrons. The first-order valence-corrected chi connectivity index (χ1v) is 9.61. The SMILES string of the molecule is COCCCn1c(SCC(=O)Nc2cccc(C)c2)nnc1-c1ccco1. The first kappa shape index (κ1) is 19.2. The number of thioether (sulfide) groups is 1. The van der Waals surface area contributed by atoms with E-state index in [1.807, 2.05) is 47.9 Å². The Kier molecular flexibility index (Phi) is 6.67. The van der Waals surface area contributed by atoms with Crippen LogP contribution in [-0.4, -0.2) is 40.1 Å². The van der Waals surface area contributed by atoms with E-state index < -0.39 is 0 Å². The molecular formula is C19H22N4O3S. The molecule has 3 rings (SSSR count). The van der Waals surface area contributed by atoms with Gasteiger partial charge in [-0.15, -0.1) is 10.2 Å². The molecule has 27 heavy (non-hydrogen) atoms. The van der Waals surface area contributed by atoms with Crippen molar-refractivity contribution in [3.63, 3.8) is 0 Å². The molecule has 2 aromatic heterocycles. The first-order valence-electron chi connectivity index (χ1n) is 8.62. The van der Waals surface area contributed by atoms with E-state index >= 15 is 0 Å². The van der Waals surface area contributed by atoms with Crippen molar-refractivity contribution in [2.45, 2.75) is 25.0 Å². The highest BCUT2D eigenvalue weighted by molar-refractivity contribution is 7.99. The zero-order valence-corrected chi connectivity index (χ0v) is 16.2. The van der Waals surface area contributed by atoms with E-state index in [4.69, 9.17) is 9.15 Å². The molecule has 0 saturated carbocycles. The summed E-state index contributed by atoms with van der Waals surface area (Å²) in [5, 5.41) is 12.1. The van der Waals surface area contributed by atoms with Crippen molar-refractivity contribution in [2.75, 3.05) is 24.8 Å². The van der Waals surface area contributed by atoms with Crippen LogP contribution >= 0.6 is 11.8 Å². The Balaban J connectivity index is 1.67. The van der Waals surface area contributed by atoms with Crippen LogP contribution in [-0.2, 0) is 16.1 Å². The van der Waals surface area contributed by atoms with Gasteiger partial charge in [0.1, 0.15) is 0 Å². The van der Waals surface area contributed by atoms with E-state index in [0.29, 0.717) is 29.9 Å². The van der Waals surface area contributed by atoms with E-state index in [2.05, 4.69) is 15.5 Å². The molecule has 1 amide bonds. The van der Waals surface area contributed by atoms with Gasteiger partial charge in [0, 0.05) is 25.9 Å². The van der Waals surface area contributed by atoms with Gasteiger partial charge in [0.05, 0.1) is 12.0 Å². The minimum atomic E-state index is -0.0865. The lowest BCUT2D eigenvalue weighted by atomic mass is 10.2. The van der Waals surface area contributed by atoms with Gasteiger partial charge in [-0.1, -0.05) is 23.9 Å². The molecule has 0 spiro atoms. The van der Waals surface area contributed by atoms with Gasteiger partial charge < -0.3 is 14.5 Å². The van der Waals surface area contributed by atoms with Gasteiger partial charge in [-0.25, -0.2) is 0 Å². The molecule has 8 heteroatoms. The Hall–Kier alpha value is -2.58. The number of carbonyl (C=O) groups is 1. The van der Waals surface area contributed by atoms with Gasteiger partial charge in [-0.2, -0.15) is 0 Å². The number of ether oxygens (including phenoxy) is 1. The Morgan fingerprint density at radius 3 is 2.93 bits per heavy atom. The highest BCUT2D eigenvalue weighted by Gasteiger charge is 2.17. The summed E-state index contributed by atoms with van der Waals surface area (Å²) in [5.41, 5.74) is 1.89. The number of benzene rings is 1. The average Bonchev–Trinajstić information content (AvgIpc) is 3.30. The molecular weight excluding hydrogens is 364 g/mol. The normalized spacial score (nSPS) is 10.9. The molecule has 0 unspecified atom stereocenters. The average molecular weight is 386 g/mol. The minimum Gasteiger partial charge on any atom is -0.461 e. The maximum Gasteiger partial charge on any atom is 0.234 e. The number of nitrogens with zero attached hydrogens (tertiary/aromatic N) is 3. The van der Waals surface area contributed by atoms with Crippen molar-refractivity contribution in [1.29, 1.82) is 0 Å². The maximum absolute atomic E-state index is 12.3. The van der Waals surface area contributed by atoms with Crippen LogP contribution in [0.1, 0.15) is 12.0 Å². The van der Waals surface area contributed by atoms with Gasteiger partial charge in [0.2, 0.25) is 5.91 Å². The molecule has 0 bridgehead atoms. The molecule has 2 heterocycles. The van der Waals surface area contributed by atoms with Crippen LogP contribution in [0, 0.1) is 6.92 Å². The fraction of sp³-hybridized carbons (Fsp3) is 0.316. The van der Waals surface area contributed by atoms with E-state index in [1.165, 1.54) is 11.8 Å². The lowest BCUT2D eigenvalue weighted by molar-refractivity contribution is -0.113. The van der Waals surface area contributed by atoms with Crippen LogP contribution in [0.15, 0.2) is 52.2 Å². The number of rotatable bonds is 9. The van der Waals surface area contributed by atoms with E-state index in [0.717, 1.165) is 17.7 Å². The zero-order chi connectivity index (χ0) is 19.1. The lowest BCUT2D eigenvalue weighted by Gasteiger charge is -2.09. The number of aryl methyl sites for hydroxylation is 1. The molecule has 7 nitrogen and oxygen atoms in total. The zero-order valence-electron chi connectivity index (χ0n) is 15.3. The molecule has 1 N–H and O–H groups in total. The van der Waals surface area contributed by atoms with Crippen molar-refractivity contribution < 1.29 is 13.9 Å². The number of amides is 1. The van der Waals surface area contributed by atoms with Crippen LogP contribution in [0.5, 0.6) is 0 Å². The number of hydrogen-bond acceptors (Lipinski definition) is 6. The van der Waals surface area contributed by atoms with Crippen LogP contribution in [0.4, 0.5) is 5.69 Å². The second-order valence-corrected chi connectivity index (χ2v) is 6.93. The molecule has 0 aliphatic rings. The summed E-state index contributed by atoms with van der Waals surface area (Å²) in [7, 11) is 1.67. The molecule has 0 fully saturated rings. The summed E-state index contributed by atoms with van der Waals surface area (Å²) >= 11 is 1.35. The van der Waals surface area contributed by atoms with E-state index in [-0.39, 0.29) is 11.7 Å². The number of anilines is 1. The Morgan fingerprint density at radius 2 is 2.19 bits per heavy atom. The van der Waals surface area contributed by atoms with E-state index in [1.54, 1.807) is 13.4 Å². The number of carbonyl (C=O) groups excluding carboxylic acids is 1.